The number of hydrogen-bond donors (Lipinski definition) is 1. The van der Waals surface area contributed by atoms with Crippen LogP contribution in [0.15, 0.2) is 18.7 Å². The summed E-state index contributed by atoms with van der Waals surface area (Å²) in [6.45, 7) is 2.00. The maximum Gasteiger partial charge on any atom is 0.406 e. The maximum atomic E-state index is 12.1. The molecule has 0 unspecified atom stereocenters. The molecule has 0 radical (unpaired) electrons. The number of nitrogens with one attached hydrogen (secondary N) is 1. The molecule has 0 aliphatic carbocycles. The van der Waals surface area contributed by atoms with E-state index in [9.17, 15) is 14.9 Å². The molecule has 2 aromatic rings. The van der Waals surface area contributed by atoms with Crippen molar-refractivity contribution in [2.45, 2.75) is 12.8 Å². The summed E-state index contributed by atoms with van der Waals surface area (Å²) in [5, 5.41) is 18.0. The number of nitro groups is 1. The zero-order valence-corrected chi connectivity index (χ0v) is 14.3. The third-order valence-electron chi connectivity index (χ3n) is 4.49. The quantitative estimate of drug-likeness (QED) is 0.630. The van der Waals surface area contributed by atoms with E-state index in [4.69, 9.17) is 0 Å². The lowest BCUT2D eigenvalue weighted by Crippen LogP contribution is -2.39. The number of hydrogen-bond acceptors (Lipinski definition) is 6. The number of aromatic nitrogens is 4. The fourth-order valence-electron chi connectivity index (χ4n) is 3.13. The van der Waals surface area contributed by atoms with Crippen LogP contribution in [0.5, 0.6) is 0 Å². The molecule has 134 valence electrons. The van der Waals surface area contributed by atoms with Gasteiger partial charge in [0.05, 0.1) is 11.8 Å². The average Bonchev–Trinajstić information content (AvgIpc) is 3.19. The van der Waals surface area contributed by atoms with Crippen LogP contribution in [0.2, 0.25) is 0 Å². The van der Waals surface area contributed by atoms with Gasteiger partial charge >= 0.3 is 5.82 Å². The summed E-state index contributed by atoms with van der Waals surface area (Å²) < 4.78 is 3.27. The van der Waals surface area contributed by atoms with Crippen molar-refractivity contribution in [1.29, 1.82) is 0 Å². The smallest absolute Gasteiger partial charge is 0.358 e. The fraction of sp³-hybridized carbons (Fsp3) is 0.533. The van der Waals surface area contributed by atoms with Gasteiger partial charge in [-0.3, -0.25) is 14.0 Å². The van der Waals surface area contributed by atoms with Crippen molar-refractivity contribution in [3.05, 3.63) is 34.4 Å². The van der Waals surface area contributed by atoms with Crippen molar-refractivity contribution in [3.63, 3.8) is 0 Å². The standard InChI is InChI=1S/C15H21N7O3/c1-19-10-17-13(22(24)25)15(19)21-5-3-11(4-6-21)7-16-14(23)12-8-18-20(2)9-12/h8-11H,3-7H2,1-2H3,(H,16,23). The minimum Gasteiger partial charge on any atom is -0.358 e. The third kappa shape index (κ3) is 3.62. The molecule has 1 amide bonds. The van der Waals surface area contributed by atoms with Crippen molar-refractivity contribution in [2.24, 2.45) is 20.0 Å². The van der Waals surface area contributed by atoms with Crippen LogP contribution in [0.4, 0.5) is 11.6 Å². The van der Waals surface area contributed by atoms with E-state index >= 15 is 0 Å². The molecule has 1 saturated heterocycles. The lowest BCUT2D eigenvalue weighted by atomic mass is 9.96. The Bertz CT molecular complexity index is 774. The van der Waals surface area contributed by atoms with Gasteiger partial charge in [-0.05, 0) is 28.7 Å². The van der Waals surface area contributed by atoms with Crippen LogP contribution in [-0.4, -0.2) is 49.8 Å². The van der Waals surface area contributed by atoms with Crippen LogP contribution in [0.25, 0.3) is 0 Å². The fourth-order valence-corrected chi connectivity index (χ4v) is 3.13. The Morgan fingerprint density at radius 1 is 1.40 bits per heavy atom. The molecule has 1 aliphatic rings. The SMILES string of the molecule is Cn1cc(C(=O)NCC2CCN(c3c([N+](=O)[O-])ncn3C)CC2)cn1. The minimum absolute atomic E-state index is 0.106. The Labute approximate surface area is 144 Å². The van der Waals surface area contributed by atoms with E-state index in [-0.39, 0.29) is 11.7 Å². The van der Waals surface area contributed by atoms with Gasteiger partial charge in [0.25, 0.3) is 5.91 Å². The molecule has 0 atom stereocenters. The van der Waals surface area contributed by atoms with E-state index < -0.39 is 4.92 Å². The second-order valence-corrected chi connectivity index (χ2v) is 6.30. The summed E-state index contributed by atoms with van der Waals surface area (Å²) in [5.74, 6) is 0.663. The van der Waals surface area contributed by atoms with Gasteiger partial charge in [0.1, 0.15) is 0 Å². The molecule has 1 aliphatic heterocycles. The maximum absolute atomic E-state index is 12.1. The lowest BCUT2D eigenvalue weighted by Gasteiger charge is -2.32. The van der Waals surface area contributed by atoms with Crippen LogP contribution < -0.4 is 10.2 Å². The molecule has 2 aromatic heterocycles. The van der Waals surface area contributed by atoms with Crippen molar-refractivity contribution in [3.8, 4) is 0 Å². The number of rotatable bonds is 5. The molecule has 3 heterocycles. The van der Waals surface area contributed by atoms with Crippen LogP contribution in [0.3, 0.4) is 0 Å². The monoisotopic (exact) mass is 347 g/mol. The highest BCUT2D eigenvalue weighted by Crippen LogP contribution is 2.29. The van der Waals surface area contributed by atoms with Crippen molar-refractivity contribution in [1.82, 2.24) is 24.6 Å². The molecular formula is C15H21N7O3. The van der Waals surface area contributed by atoms with Crippen molar-refractivity contribution < 1.29 is 9.72 Å². The summed E-state index contributed by atoms with van der Waals surface area (Å²) in [6.07, 6.45) is 6.40. The van der Waals surface area contributed by atoms with Gasteiger partial charge in [-0.25, -0.2) is 0 Å². The van der Waals surface area contributed by atoms with Crippen LogP contribution in [0.1, 0.15) is 23.2 Å². The summed E-state index contributed by atoms with van der Waals surface area (Å²) >= 11 is 0. The van der Waals surface area contributed by atoms with Crippen molar-refractivity contribution in [2.75, 3.05) is 24.5 Å². The van der Waals surface area contributed by atoms with Crippen molar-refractivity contribution >= 4 is 17.5 Å². The lowest BCUT2D eigenvalue weighted by molar-refractivity contribution is -0.388. The highest BCUT2D eigenvalue weighted by Gasteiger charge is 2.29. The number of nitrogens with zero attached hydrogens (tertiary/aromatic N) is 6. The molecular weight excluding hydrogens is 326 g/mol. The molecule has 0 aromatic carbocycles. The molecule has 10 nitrogen and oxygen atoms in total. The molecule has 3 rings (SSSR count). The van der Waals surface area contributed by atoms with E-state index in [0.29, 0.717) is 36.9 Å². The van der Waals surface area contributed by atoms with E-state index in [1.54, 1.807) is 35.7 Å². The topological polar surface area (TPSA) is 111 Å². The second-order valence-electron chi connectivity index (χ2n) is 6.30. The number of carbonyl (C=O) groups is 1. The number of piperidine rings is 1. The van der Waals surface area contributed by atoms with E-state index in [1.807, 2.05) is 4.90 Å². The average molecular weight is 347 g/mol. The van der Waals surface area contributed by atoms with Crippen LogP contribution in [0, 0.1) is 16.0 Å². The Morgan fingerprint density at radius 3 is 2.72 bits per heavy atom. The second kappa shape index (κ2) is 6.91. The predicted octanol–water partition coefficient (Wildman–Crippen LogP) is 0.708. The largest absolute Gasteiger partial charge is 0.406 e. The summed E-state index contributed by atoms with van der Waals surface area (Å²) in [4.78, 5) is 28.6. The Kier molecular flexibility index (Phi) is 4.68. The third-order valence-corrected chi connectivity index (χ3v) is 4.49. The zero-order chi connectivity index (χ0) is 18.0. The summed E-state index contributed by atoms with van der Waals surface area (Å²) in [7, 11) is 3.53. The van der Waals surface area contributed by atoms with E-state index in [2.05, 4.69) is 15.4 Å². The van der Waals surface area contributed by atoms with Crippen LogP contribution in [-0.2, 0) is 14.1 Å². The van der Waals surface area contributed by atoms with Gasteiger partial charge in [-0.15, -0.1) is 0 Å². The Morgan fingerprint density at radius 2 is 2.12 bits per heavy atom. The Balaban J connectivity index is 1.53. The first-order valence-electron chi connectivity index (χ1n) is 8.13. The minimum atomic E-state index is -0.449. The predicted molar refractivity (Wildman–Crippen MR) is 90.3 cm³/mol. The number of imidazole rings is 1. The highest BCUT2D eigenvalue weighted by atomic mass is 16.6. The highest BCUT2D eigenvalue weighted by molar-refractivity contribution is 5.93. The first kappa shape index (κ1) is 16.9. The molecule has 0 saturated carbocycles. The van der Waals surface area contributed by atoms with E-state index in [1.165, 1.54) is 6.33 Å². The van der Waals surface area contributed by atoms with Gasteiger partial charge in [0, 0.05) is 39.9 Å². The molecule has 1 N–H and O–H groups in total. The van der Waals surface area contributed by atoms with Gasteiger partial charge in [0.15, 0.2) is 0 Å². The molecule has 0 bridgehead atoms. The zero-order valence-electron chi connectivity index (χ0n) is 14.3. The first-order chi connectivity index (χ1) is 12.0. The number of carbonyl (C=O) groups excluding carboxylic acids is 1. The van der Waals surface area contributed by atoms with E-state index in [0.717, 1.165) is 12.8 Å². The number of amides is 1. The van der Waals surface area contributed by atoms with Gasteiger partial charge < -0.3 is 20.3 Å². The molecule has 25 heavy (non-hydrogen) atoms. The molecule has 0 spiro atoms. The first-order valence-corrected chi connectivity index (χ1v) is 8.13. The number of anilines is 1. The van der Waals surface area contributed by atoms with Gasteiger partial charge in [-0.2, -0.15) is 5.10 Å². The molecule has 1 fully saturated rings. The summed E-state index contributed by atoms with van der Waals surface area (Å²) in [6, 6.07) is 0. The number of aryl methyl sites for hydroxylation is 2. The Hall–Kier alpha value is -2.91. The van der Waals surface area contributed by atoms with Gasteiger partial charge in [-0.1, -0.05) is 0 Å². The van der Waals surface area contributed by atoms with Crippen LogP contribution >= 0.6 is 0 Å². The van der Waals surface area contributed by atoms with Gasteiger partial charge in [0.2, 0.25) is 12.1 Å². The molecule has 10 heteroatoms. The summed E-state index contributed by atoms with van der Waals surface area (Å²) in [5.41, 5.74) is 0.547. The normalized spacial score (nSPS) is 15.4.